The van der Waals surface area contributed by atoms with Crippen LogP contribution in [0.5, 0.6) is 5.75 Å². The maximum absolute atomic E-state index is 12.6. The maximum Gasteiger partial charge on any atom is 0.237 e. The molecule has 1 fully saturated rings. The Kier molecular flexibility index (Phi) is 5.53. The molecule has 1 aliphatic rings. The number of carbonyl (C=O) groups excluding carboxylic acids is 1. The lowest BCUT2D eigenvalue weighted by atomic mass is 10.1. The lowest BCUT2D eigenvalue weighted by molar-refractivity contribution is -0.126. The average Bonchev–Trinajstić information content (AvgIpc) is 3.30. The summed E-state index contributed by atoms with van der Waals surface area (Å²) in [5, 5.41) is 5.17. The number of hydrogen-bond donors (Lipinski definition) is 1. The first-order chi connectivity index (χ1) is 11.7. The van der Waals surface area contributed by atoms with Gasteiger partial charge in [-0.05, 0) is 55.5 Å². The van der Waals surface area contributed by atoms with Crippen LogP contribution >= 0.6 is 11.3 Å². The Hall–Kier alpha value is -1.85. The van der Waals surface area contributed by atoms with E-state index in [2.05, 4.69) is 27.7 Å². The second-order valence-electron chi connectivity index (χ2n) is 6.15. The molecule has 0 saturated carbocycles. The highest BCUT2D eigenvalue weighted by atomic mass is 32.1. The van der Waals surface area contributed by atoms with Crippen molar-refractivity contribution in [3.63, 3.8) is 0 Å². The van der Waals surface area contributed by atoms with Crippen LogP contribution in [0.1, 0.15) is 36.2 Å². The lowest BCUT2D eigenvalue weighted by Crippen LogP contribution is -2.44. The minimum Gasteiger partial charge on any atom is -0.497 e. The van der Waals surface area contributed by atoms with Crippen molar-refractivity contribution in [2.24, 2.45) is 0 Å². The van der Waals surface area contributed by atoms with Crippen molar-refractivity contribution in [2.45, 2.75) is 38.4 Å². The van der Waals surface area contributed by atoms with E-state index in [9.17, 15) is 4.79 Å². The molecule has 1 saturated heterocycles. The zero-order valence-corrected chi connectivity index (χ0v) is 15.0. The smallest absolute Gasteiger partial charge is 0.237 e. The molecule has 0 unspecified atom stereocenters. The van der Waals surface area contributed by atoms with E-state index in [-0.39, 0.29) is 11.9 Å². The Morgan fingerprint density at radius 3 is 2.83 bits per heavy atom. The molecule has 2 heterocycles. The molecule has 2 aromatic rings. The number of nitrogens with zero attached hydrogens (tertiary/aromatic N) is 1. The van der Waals surface area contributed by atoms with E-state index in [1.807, 2.05) is 31.2 Å². The van der Waals surface area contributed by atoms with E-state index in [1.165, 1.54) is 4.88 Å². The Bertz CT molecular complexity index is 655. The predicted molar refractivity (Wildman–Crippen MR) is 97.3 cm³/mol. The monoisotopic (exact) mass is 344 g/mol. The molecule has 2 atom stereocenters. The zero-order valence-electron chi connectivity index (χ0n) is 14.2. The van der Waals surface area contributed by atoms with Crippen molar-refractivity contribution in [3.05, 3.63) is 52.2 Å². The van der Waals surface area contributed by atoms with E-state index < -0.39 is 0 Å². The molecule has 1 N–H and O–H groups in total. The molecule has 4 nitrogen and oxygen atoms in total. The van der Waals surface area contributed by atoms with Crippen molar-refractivity contribution in [1.29, 1.82) is 0 Å². The standard InChI is InChI=1S/C19H24N2O2S/c1-14(21-11-3-5-17(21)18-6-4-12-24-18)19(22)20-13-15-7-9-16(23-2)10-8-15/h4,6-10,12,14,17H,3,5,11,13H2,1-2H3,(H,20,22)/t14-,17-/m0/s1. The van der Waals surface area contributed by atoms with Crippen LogP contribution in [-0.4, -0.2) is 30.5 Å². The van der Waals surface area contributed by atoms with Gasteiger partial charge in [-0.15, -0.1) is 11.3 Å². The summed E-state index contributed by atoms with van der Waals surface area (Å²) in [7, 11) is 1.65. The molecule has 0 aliphatic carbocycles. The van der Waals surface area contributed by atoms with Crippen LogP contribution in [0.2, 0.25) is 0 Å². The van der Waals surface area contributed by atoms with E-state index in [1.54, 1.807) is 18.4 Å². The first-order valence-electron chi connectivity index (χ1n) is 8.39. The van der Waals surface area contributed by atoms with Gasteiger partial charge in [-0.2, -0.15) is 0 Å². The first-order valence-corrected chi connectivity index (χ1v) is 9.27. The Balaban J connectivity index is 1.57. The van der Waals surface area contributed by atoms with Gasteiger partial charge in [-0.3, -0.25) is 9.69 Å². The number of carbonyl (C=O) groups is 1. The first kappa shape index (κ1) is 17.0. The second kappa shape index (κ2) is 7.81. The molecule has 128 valence electrons. The zero-order chi connectivity index (χ0) is 16.9. The van der Waals surface area contributed by atoms with Crippen molar-refractivity contribution < 1.29 is 9.53 Å². The van der Waals surface area contributed by atoms with Gasteiger partial charge in [-0.1, -0.05) is 18.2 Å². The minimum absolute atomic E-state index is 0.0919. The summed E-state index contributed by atoms with van der Waals surface area (Å²) in [5.74, 6) is 0.920. The van der Waals surface area contributed by atoms with Gasteiger partial charge in [0.25, 0.3) is 0 Å². The highest BCUT2D eigenvalue weighted by molar-refractivity contribution is 7.10. The number of ether oxygens (including phenoxy) is 1. The highest BCUT2D eigenvalue weighted by Gasteiger charge is 2.33. The third kappa shape index (κ3) is 3.79. The Labute approximate surface area is 147 Å². The Morgan fingerprint density at radius 1 is 1.38 bits per heavy atom. The normalized spacial score (nSPS) is 19.2. The molecule has 1 aromatic heterocycles. The number of nitrogens with one attached hydrogen (secondary N) is 1. The van der Waals surface area contributed by atoms with Gasteiger partial charge in [0.1, 0.15) is 5.75 Å². The molecule has 1 amide bonds. The van der Waals surface area contributed by atoms with Gasteiger partial charge >= 0.3 is 0 Å². The predicted octanol–water partition coefficient (Wildman–Crippen LogP) is 3.60. The number of amides is 1. The summed E-state index contributed by atoms with van der Waals surface area (Å²) in [5.41, 5.74) is 1.08. The largest absolute Gasteiger partial charge is 0.497 e. The molecule has 0 radical (unpaired) electrons. The van der Waals surface area contributed by atoms with E-state index in [0.29, 0.717) is 12.6 Å². The van der Waals surface area contributed by atoms with E-state index in [0.717, 1.165) is 30.7 Å². The average molecular weight is 344 g/mol. The molecule has 0 spiro atoms. The second-order valence-corrected chi connectivity index (χ2v) is 7.13. The fourth-order valence-electron chi connectivity index (χ4n) is 3.27. The number of methoxy groups -OCH3 is 1. The molecule has 1 aromatic carbocycles. The summed E-state index contributed by atoms with van der Waals surface area (Å²) < 4.78 is 5.15. The molecule has 1 aliphatic heterocycles. The number of rotatable bonds is 6. The summed E-state index contributed by atoms with van der Waals surface area (Å²) >= 11 is 1.78. The lowest BCUT2D eigenvalue weighted by Gasteiger charge is -2.29. The van der Waals surface area contributed by atoms with Gasteiger partial charge in [0, 0.05) is 17.5 Å². The van der Waals surface area contributed by atoms with Crippen LogP contribution in [0, 0.1) is 0 Å². The molecule has 3 rings (SSSR count). The van der Waals surface area contributed by atoms with Crippen LogP contribution in [0.4, 0.5) is 0 Å². The summed E-state index contributed by atoms with van der Waals surface area (Å²) in [4.78, 5) is 16.3. The number of hydrogen-bond acceptors (Lipinski definition) is 4. The van der Waals surface area contributed by atoms with Gasteiger partial charge in [-0.25, -0.2) is 0 Å². The molecule has 24 heavy (non-hydrogen) atoms. The van der Waals surface area contributed by atoms with Crippen LogP contribution in [0.3, 0.4) is 0 Å². The van der Waals surface area contributed by atoms with Crippen LogP contribution in [0.25, 0.3) is 0 Å². The SMILES string of the molecule is COc1ccc(CNC(=O)[C@H](C)N2CCC[C@H]2c2cccs2)cc1. The third-order valence-electron chi connectivity index (χ3n) is 4.67. The van der Waals surface area contributed by atoms with Crippen LogP contribution < -0.4 is 10.1 Å². The van der Waals surface area contributed by atoms with Crippen LogP contribution in [-0.2, 0) is 11.3 Å². The topological polar surface area (TPSA) is 41.6 Å². The van der Waals surface area contributed by atoms with Gasteiger partial charge in [0.05, 0.1) is 13.2 Å². The van der Waals surface area contributed by atoms with Crippen molar-refractivity contribution >= 4 is 17.2 Å². The summed E-state index contributed by atoms with van der Waals surface area (Å²) in [6, 6.07) is 12.3. The van der Waals surface area contributed by atoms with Crippen molar-refractivity contribution in [2.75, 3.05) is 13.7 Å². The van der Waals surface area contributed by atoms with E-state index in [4.69, 9.17) is 4.74 Å². The van der Waals surface area contributed by atoms with Crippen molar-refractivity contribution in [1.82, 2.24) is 10.2 Å². The molecular formula is C19H24N2O2S. The highest BCUT2D eigenvalue weighted by Crippen LogP contribution is 2.35. The Morgan fingerprint density at radius 2 is 2.17 bits per heavy atom. The quantitative estimate of drug-likeness (QED) is 0.870. The summed E-state index contributed by atoms with van der Waals surface area (Å²) in [6.07, 6.45) is 2.29. The fraction of sp³-hybridized carbons (Fsp3) is 0.421. The van der Waals surface area contributed by atoms with Gasteiger partial charge in [0.2, 0.25) is 5.91 Å². The fourth-order valence-corrected chi connectivity index (χ4v) is 4.15. The molecule has 0 bridgehead atoms. The third-order valence-corrected chi connectivity index (χ3v) is 5.64. The minimum atomic E-state index is -0.113. The number of likely N-dealkylation sites (tertiary alicyclic amines) is 1. The summed E-state index contributed by atoms with van der Waals surface area (Å²) in [6.45, 7) is 3.54. The number of thiophene rings is 1. The maximum atomic E-state index is 12.6. The van der Waals surface area contributed by atoms with E-state index >= 15 is 0 Å². The van der Waals surface area contributed by atoms with Crippen LogP contribution in [0.15, 0.2) is 41.8 Å². The van der Waals surface area contributed by atoms with Gasteiger partial charge < -0.3 is 10.1 Å². The number of benzene rings is 1. The van der Waals surface area contributed by atoms with Gasteiger partial charge in [0.15, 0.2) is 0 Å². The molecule has 5 heteroatoms. The molecular weight excluding hydrogens is 320 g/mol. The van der Waals surface area contributed by atoms with Crippen molar-refractivity contribution in [3.8, 4) is 5.75 Å².